The van der Waals surface area contributed by atoms with Crippen molar-refractivity contribution in [3.8, 4) is 6.07 Å². The van der Waals surface area contributed by atoms with Crippen molar-refractivity contribution < 1.29 is 4.79 Å². The summed E-state index contributed by atoms with van der Waals surface area (Å²) in [4.78, 5) is 19.1. The first-order chi connectivity index (χ1) is 11.6. The third kappa shape index (κ3) is 3.30. The molecule has 1 amide bonds. The molecule has 2 heterocycles. The number of hydrogen-bond acceptors (Lipinski definition) is 4. The summed E-state index contributed by atoms with van der Waals surface area (Å²) in [6.07, 6.45) is 2.27. The smallest absolute Gasteiger partial charge is 0.253 e. The molecule has 1 aromatic carbocycles. The largest absolute Gasteiger partial charge is 0.337 e. The second-order valence-corrected chi connectivity index (χ2v) is 6.23. The number of piperidine rings is 1. The summed E-state index contributed by atoms with van der Waals surface area (Å²) >= 11 is 0. The molecule has 1 aliphatic heterocycles. The molecule has 0 bridgehead atoms. The Balaban J connectivity index is 1.77. The first-order valence-corrected chi connectivity index (χ1v) is 8.23. The summed E-state index contributed by atoms with van der Waals surface area (Å²) in [5.41, 5.74) is 1.52. The van der Waals surface area contributed by atoms with Gasteiger partial charge in [0, 0.05) is 18.7 Å². The second kappa shape index (κ2) is 6.83. The molecule has 0 radical (unpaired) electrons. The van der Waals surface area contributed by atoms with Crippen LogP contribution in [-0.4, -0.2) is 38.7 Å². The molecule has 1 saturated heterocycles. The molecule has 6 nitrogen and oxygen atoms in total. The summed E-state index contributed by atoms with van der Waals surface area (Å²) in [5, 5.41) is 13.3. The lowest BCUT2D eigenvalue weighted by Gasteiger charge is -2.33. The SMILES string of the molecule is Cc1nc(C)n(C2CCCN(C(=O)c3cccc(CC#N)c3)C2)n1. The molecule has 6 heteroatoms. The van der Waals surface area contributed by atoms with E-state index in [1.165, 1.54) is 0 Å². The van der Waals surface area contributed by atoms with Crippen molar-refractivity contribution in [2.24, 2.45) is 0 Å². The van der Waals surface area contributed by atoms with Crippen molar-refractivity contribution in [1.82, 2.24) is 19.7 Å². The van der Waals surface area contributed by atoms with Crippen LogP contribution in [0.1, 0.15) is 46.5 Å². The third-order valence-electron chi connectivity index (χ3n) is 4.39. The first kappa shape index (κ1) is 16.2. The summed E-state index contributed by atoms with van der Waals surface area (Å²) in [5.74, 6) is 1.68. The lowest BCUT2D eigenvalue weighted by molar-refractivity contribution is 0.0671. The van der Waals surface area contributed by atoms with E-state index < -0.39 is 0 Å². The number of rotatable bonds is 3. The number of carbonyl (C=O) groups excluding carboxylic acids is 1. The molecule has 0 spiro atoms. The lowest BCUT2D eigenvalue weighted by atomic mass is 10.0. The van der Waals surface area contributed by atoms with Crippen molar-refractivity contribution in [3.05, 3.63) is 47.0 Å². The number of benzene rings is 1. The molecule has 1 unspecified atom stereocenters. The standard InChI is InChI=1S/C18H21N5O/c1-13-20-14(2)23(21-13)17-7-4-10-22(12-17)18(24)16-6-3-5-15(11-16)8-9-19/h3,5-6,11,17H,4,7-8,10,12H2,1-2H3. The number of nitriles is 1. The summed E-state index contributed by atoms with van der Waals surface area (Å²) < 4.78 is 1.95. The summed E-state index contributed by atoms with van der Waals surface area (Å²) in [7, 11) is 0. The normalized spacial score (nSPS) is 17.5. The topological polar surface area (TPSA) is 74.8 Å². The maximum Gasteiger partial charge on any atom is 0.253 e. The lowest BCUT2D eigenvalue weighted by Crippen LogP contribution is -2.41. The monoisotopic (exact) mass is 323 g/mol. The van der Waals surface area contributed by atoms with Crippen molar-refractivity contribution in [2.45, 2.75) is 39.2 Å². The van der Waals surface area contributed by atoms with Gasteiger partial charge in [-0.25, -0.2) is 9.67 Å². The van der Waals surface area contributed by atoms with Gasteiger partial charge in [0.25, 0.3) is 5.91 Å². The van der Waals surface area contributed by atoms with E-state index in [-0.39, 0.29) is 11.9 Å². The zero-order chi connectivity index (χ0) is 17.1. The number of nitrogens with zero attached hydrogens (tertiary/aromatic N) is 5. The Morgan fingerprint density at radius 3 is 2.96 bits per heavy atom. The predicted octanol–water partition coefficient (Wildman–Crippen LogP) is 2.44. The highest BCUT2D eigenvalue weighted by Crippen LogP contribution is 2.23. The van der Waals surface area contributed by atoms with Crippen molar-refractivity contribution >= 4 is 5.91 Å². The molecule has 0 saturated carbocycles. The van der Waals surface area contributed by atoms with Crippen LogP contribution in [0.25, 0.3) is 0 Å². The van der Waals surface area contributed by atoms with E-state index in [4.69, 9.17) is 5.26 Å². The van der Waals surface area contributed by atoms with Gasteiger partial charge in [0.1, 0.15) is 11.6 Å². The van der Waals surface area contributed by atoms with Crippen LogP contribution in [0.5, 0.6) is 0 Å². The zero-order valence-electron chi connectivity index (χ0n) is 14.1. The molecule has 2 aromatic rings. The minimum absolute atomic E-state index is 0.0222. The predicted molar refractivity (Wildman–Crippen MR) is 89.4 cm³/mol. The highest BCUT2D eigenvalue weighted by molar-refractivity contribution is 5.94. The van der Waals surface area contributed by atoms with E-state index in [0.29, 0.717) is 18.5 Å². The van der Waals surface area contributed by atoms with Gasteiger partial charge >= 0.3 is 0 Å². The molecule has 0 aliphatic carbocycles. The maximum atomic E-state index is 12.8. The van der Waals surface area contributed by atoms with E-state index in [1.54, 1.807) is 0 Å². The van der Waals surface area contributed by atoms with Crippen LogP contribution in [0.3, 0.4) is 0 Å². The highest BCUT2D eigenvalue weighted by Gasteiger charge is 2.27. The number of likely N-dealkylation sites (tertiary alicyclic amines) is 1. The summed E-state index contributed by atoms with van der Waals surface area (Å²) in [6.45, 7) is 5.23. The molecule has 1 fully saturated rings. The Kier molecular flexibility index (Phi) is 4.61. The van der Waals surface area contributed by atoms with Crippen LogP contribution in [-0.2, 0) is 6.42 Å². The van der Waals surface area contributed by atoms with Gasteiger partial charge in [-0.05, 0) is 44.4 Å². The number of aromatic nitrogens is 3. The zero-order valence-corrected chi connectivity index (χ0v) is 14.1. The van der Waals surface area contributed by atoms with Gasteiger partial charge in [-0.3, -0.25) is 4.79 Å². The number of aryl methyl sites for hydroxylation is 2. The first-order valence-electron chi connectivity index (χ1n) is 8.23. The van der Waals surface area contributed by atoms with Crippen LogP contribution in [0.2, 0.25) is 0 Å². The van der Waals surface area contributed by atoms with Crippen LogP contribution in [0.15, 0.2) is 24.3 Å². The van der Waals surface area contributed by atoms with Crippen LogP contribution < -0.4 is 0 Å². The highest BCUT2D eigenvalue weighted by atomic mass is 16.2. The van der Waals surface area contributed by atoms with E-state index in [1.807, 2.05) is 47.7 Å². The van der Waals surface area contributed by atoms with Gasteiger partial charge in [-0.2, -0.15) is 10.4 Å². The van der Waals surface area contributed by atoms with Gasteiger partial charge < -0.3 is 4.90 Å². The fourth-order valence-corrected chi connectivity index (χ4v) is 3.31. The number of amides is 1. The van der Waals surface area contributed by atoms with Crippen LogP contribution >= 0.6 is 0 Å². The molecular weight excluding hydrogens is 302 g/mol. The maximum absolute atomic E-state index is 12.8. The second-order valence-electron chi connectivity index (χ2n) is 6.23. The number of carbonyl (C=O) groups is 1. The van der Waals surface area contributed by atoms with E-state index >= 15 is 0 Å². The van der Waals surface area contributed by atoms with Crippen molar-refractivity contribution in [1.29, 1.82) is 5.26 Å². The fourth-order valence-electron chi connectivity index (χ4n) is 3.31. The Morgan fingerprint density at radius 2 is 2.25 bits per heavy atom. The van der Waals surface area contributed by atoms with Crippen LogP contribution in [0, 0.1) is 25.2 Å². The van der Waals surface area contributed by atoms with Crippen molar-refractivity contribution in [2.75, 3.05) is 13.1 Å². The third-order valence-corrected chi connectivity index (χ3v) is 4.39. The minimum atomic E-state index is 0.0222. The Morgan fingerprint density at radius 1 is 1.42 bits per heavy atom. The van der Waals surface area contributed by atoms with Gasteiger partial charge in [-0.15, -0.1) is 0 Å². The molecule has 3 rings (SSSR count). The molecule has 1 aliphatic rings. The van der Waals surface area contributed by atoms with E-state index in [2.05, 4.69) is 16.2 Å². The fraction of sp³-hybridized carbons (Fsp3) is 0.444. The number of hydrogen-bond donors (Lipinski definition) is 0. The van der Waals surface area contributed by atoms with Gasteiger partial charge in [-0.1, -0.05) is 12.1 Å². The average Bonchev–Trinajstić information content (AvgIpc) is 2.93. The Hall–Kier alpha value is -2.68. The average molecular weight is 323 g/mol. The molecule has 1 aromatic heterocycles. The van der Waals surface area contributed by atoms with Crippen LogP contribution in [0.4, 0.5) is 0 Å². The Labute approximate surface area is 141 Å². The molecule has 1 atom stereocenters. The van der Waals surface area contributed by atoms with Gasteiger partial charge in [0.05, 0.1) is 18.5 Å². The van der Waals surface area contributed by atoms with Crippen molar-refractivity contribution in [3.63, 3.8) is 0 Å². The molecule has 24 heavy (non-hydrogen) atoms. The molecular formula is C18H21N5O. The Bertz CT molecular complexity index is 789. The molecule has 0 N–H and O–H groups in total. The quantitative estimate of drug-likeness (QED) is 0.869. The summed E-state index contributed by atoms with van der Waals surface area (Å²) in [6, 6.07) is 9.65. The molecule has 124 valence electrons. The van der Waals surface area contributed by atoms with Gasteiger partial charge in [0.2, 0.25) is 0 Å². The minimum Gasteiger partial charge on any atom is -0.337 e. The van der Waals surface area contributed by atoms with Gasteiger partial charge in [0.15, 0.2) is 0 Å². The van der Waals surface area contributed by atoms with E-state index in [9.17, 15) is 4.79 Å². The van der Waals surface area contributed by atoms with E-state index in [0.717, 1.165) is 36.6 Å².